The summed E-state index contributed by atoms with van der Waals surface area (Å²) in [5.74, 6) is 0.960. The van der Waals surface area contributed by atoms with Crippen LogP contribution in [0.1, 0.15) is 50.5 Å². The van der Waals surface area contributed by atoms with Gasteiger partial charge in [0.05, 0.1) is 6.61 Å². The molecule has 0 fully saturated rings. The average Bonchev–Trinajstić information content (AvgIpc) is 2.39. The molecule has 1 aromatic carbocycles. The van der Waals surface area contributed by atoms with Crippen LogP contribution in [0.5, 0.6) is 5.75 Å². The van der Waals surface area contributed by atoms with Crippen LogP contribution in [0.25, 0.3) is 0 Å². The van der Waals surface area contributed by atoms with Gasteiger partial charge in [0, 0.05) is 10.4 Å². The minimum Gasteiger partial charge on any atom is -0.493 e. The number of halogens is 2. The molecule has 1 rings (SSSR count). The van der Waals surface area contributed by atoms with Gasteiger partial charge in [-0.2, -0.15) is 0 Å². The third-order valence-corrected chi connectivity index (χ3v) is 3.97. The highest BCUT2D eigenvalue weighted by Crippen LogP contribution is 2.22. The van der Waals surface area contributed by atoms with Gasteiger partial charge >= 0.3 is 0 Å². The van der Waals surface area contributed by atoms with Gasteiger partial charge in [0.1, 0.15) is 5.75 Å². The number of aryl methyl sites for hydroxylation is 1. The Balaban J connectivity index is 2.01. The van der Waals surface area contributed by atoms with Crippen LogP contribution in [0.15, 0.2) is 18.2 Å². The lowest BCUT2D eigenvalue weighted by molar-refractivity contribution is 0.302. The van der Waals surface area contributed by atoms with E-state index in [4.69, 9.17) is 16.3 Å². The molecule has 0 aliphatic carbocycles. The zero-order valence-corrected chi connectivity index (χ0v) is 14.1. The molecular formula is C16H24BrClO. The Kier molecular flexibility index (Phi) is 9.36. The Hall–Kier alpha value is -0.210. The van der Waals surface area contributed by atoms with Crippen molar-refractivity contribution in [2.24, 2.45) is 0 Å². The van der Waals surface area contributed by atoms with Crippen LogP contribution in [-0.2, 0) is 0 Å². The summed E-state index contributed by atoms with van der Waals surface area (Å²) in [6.07, 6.45) is 9.10. The third kappa shape index (κ3) is 7.84. The first-order valence-corrected chi connectivity index (χ1v) is 8.69. The lowest BCUT2D eigenvalue weighted by Crippen LogP contribution is -1.98. The van der Waals surface area contributed by atoms with Crippen molar-refractivity contribution >= 4 is 27.5 Å². The molecule has 0 saturated heterocycles. The van der Waals surface area contributed by atoms with Gasteiger partial charge in [-0.15, -0.1) is 0 Å². The number of benzene rings is 1. The summed E-state index contributed by atoms with van der Waals surface area (Å²) in [6.45, 7) is 2.84. The topological polar surface area (TPSA) is 9.23 Å². The van der Waals surface area contributed by atoms with Crippen molar-refractivity contribution < 1.29 is 4.74 Å². The maximum absolute atomic E-state index is 5.91. The van der Waals surface area contributed by atoms with Crippen LogP contribution < -0.4 is 4.74 Å². The second-order valence-corrected chi connectivity index (χ2v) is 6.15. The van der Waals surface area contributed by atoms with Gasteiger partial charge < -0.3 is 4.74 Å². The largest absolute Gasteiger partial charge is 0.493 e. The van der Waals surface area contributed by atoms with Crippen molar-refractivity contribution in [1.82, 2.24) is 0 Å². The van der Waals surface area contributed by atoms with Crippen LogP contribution in [0.4, 0.5) is 0 Å². The minimum absolute atomic E-state index is 0.772. The first kappa shape index (κ1) is 16.8. The predicted molar refractivity (Wildman–Crippen MR) is 87.8 cm³/mol. The molecule has 0 radical (unpaired) electrons. The lowest BCUT2D eigenvalue weighted by atomic mass is 10.1. The highest BCUT2D eigenvalue weighted by molar-refractivity contribution is 9.09. The number of hydrogen-bond donors (Lipinski definition) is 0. The van der Waals surface area contributed by atoms with Crippen molar-refractivity contribution in [3.63, 3.8) is 0 Å². The number of ether oxygens (including phenoxy) is 1. The van der Waals surface area contributed by atoms with Gasteiger partial charge in [-0.25, -0.2) is 0 Å². The fraction of sp³-hybridized carbons (Fsp3) is 0.625. The molecule has 0 aliphatic heterocycles. The maximum atomic E-state index is 5.91. The van der Waals surface area contributed by atoms with E-state index >= 15 is 0 Å². The van der Waals surface area contributed by atoms with Crippen molar-refractivity contribution in [3.05, 3.63) is 28.8 Å². The molecular weight excluding hydrogens is 324 g/mol. The van der Waals surface area contributed by atoms with Crippen LogP contribution >= 0.6 is 27.5 Å². The van der Waals surface area contributed by atoms with Gasteiger partial charge in [-0.05, 0) is 43.5 Å². The standard InChI is InChI=1S/C16H24BrClO/c1-14-13-15(18)9-10-16(14)19-12-8-6-4-2-3-5-7-11-17/h9-10,13H,2-8,11-12H2,1H3. The predicted octanol–water partition coefficient (Wildman–Crippen LogP) is 6.15. The molecule has 0 unspecified atom stereocenters. The first-order valence-electron chi connectivity index (χ1n) is 7.19. The van der Waals surface area contributed by atoms with Gasteiger partial charge in [-0.3, -0.25) is 0 Å². The van der Waals surface area contributed by atoms with Crippen molar-refractivity contribution in [2.45, 2.75) is 51.9 Å². The van der Waals surface area contributed by atoms with Gasteiger partial charge in [-0.1, -0.05) is 59.6 Å². The van der Waals surface area contributed by atoms with Crippen LogP contribution in [0.3, 0.4) is 0 Å². The van der Waals surface area contributed by atoms with E-state index in [1.54, 1.807) is 0 Å². The van der Waals surface area contributed by atoms with Crippen molar-refractivity contribution in [1.29, 1.82) is 0 Å². The van der Waals surface area contributed by atoms with Crippen LogP contribution in [0.2, 0.25) is 5.02 Å². The highest BCUT2D eigenvalue weighted by Gasteiger charge is 2.00. The van der Waals surface area contributed by atoms with E-state index in [2.05, 4.69) is 15.9 Å². The summed E-state index contributed by atoms with van der Waals surface area (Å²) >= 11 is 9.37. The lowest BCUT2D eigenvalue weighted by Gasteiger charge is -2.09. The highest BCUT2D eigenvalue weighted by atomic mass is 79.9. The number of hydrogen-bond acceptors (Lipinski definition) is 1. The van der Waals surface area contributed by atoms with Crippen LogP contribution in [0, 0.1) is 6.92 Å². The summed E-state index contributed by atoms with van der Waals surface area (Å²) in [6, 6.07) is 5.78. The van der Waals surface area contributed by atoms with E-state index in [1.165, 1.54) is 38.5 Å². The van der Waals surface area contributed by atoms with E-state index in [-0.39, 0.29) is 0 Å². The molecule has 0 aliphatic rings. The van der Waals surface area contributed by atoms with E-state index < -0.39 is 0 Å². The van der Waals surface area contributed by atoms with Gasteiger partial charge in [0.15, 0.2) is 0 Å². The van der Waals surface area contributed by atoms with Crippen molar-refractivity contribution in [2.75, 3.05) is 11.9 Å². The molecule has 0 aromatic heterocycles. The van der Waals surface area contributed by atoms with E-state index in [0.717, 1.165) is 34.7 Å². The molecule has 108 valence electrons. The molecule has 0 bridgehead atoms. The Morgan fingerprint density at radius 3 is 2.26 bits per heavy atom. The average molecular weight is 348 g/mol. The third-order valence-electron chi connectivity index (χ3n) is 3.17. The second-order valence-electron chi connectivity index (χ2n) is 4.92. The number of alkyl halides is 1. The summed E-state index contributed by atoms with van der Waals surface area (Å²) in [5.41, 5.74) is 1.11. The molecule has 0 spiro atoms. The first-order chi connectivity index (χ1) is 9.24. The summed E-state index contributed by atoms with van der Waals surface area (Å²) in [4.78, 5) is 0. The smallest absolute Gasteiger partial charge is 0.122 e. The molecule has 0 heterocycles. The monoisotopic (exact) mass is 346 g/mol. The minimum atomic E-state index is 0.772. The molecule has 0 saturated carbocycles. The zero-order valence-electron chi connectivity index (χ0n) is 11.8. The fourth-order valence-electron chi connectivity index (χ4n) is 2.04. The number of rotatable bonds is 10. The zero-order chi connectivity index (χ0) is 13.9. The number of unbranched alkanes of at least 4 members (excludes halogenated alkanes) is 6. The molecule has 0 amide bonds. The Labute approximate surface area is 130 Å². The maximum Gasteiger partial charge on any atom is 0.122 e. The molecule has 3 heteroatoms. The normalized spacial score (nSPS) is 10.7. The van der Waals surface area contributed by atoms with Gasteiger partial charge in [0.2, 0.25) is 0 Å². The Morgan fingerprint density at radius 2 is 1.63 bits per heavy atom. The summed E-state index contributed by atoms with van der Waals surface area (Å²) in [5, 5.41) is 1.91. The summed E-state index contributed by atoms with van der Waals surface area (Å²) < 4.78 is 5.77. The molecule has 0 N–H and O–H groups in total. The quantitative estimate of drug-likeness (QED) is 0.364. The van der Waals surface area contributed by atoms with Crippen LogP contribution in [-0.4, -0.2) is 11.9 Å². The summed E-state index contributed by atoms with van der Waals surface area (Å²) in [7, 11) is 0. The van der Waals surface area contributed by atoms with E-state index in [9.17, 15) is 0 Å². The fourth-order valence-corrected chi connectivity index (χ4v) is 2.66. The van der Waals surface area contributed by atoms with Gasteiger partial charge in [0.25, 0.3) is 0 Å². The molecule has 19 heavy (non-hydrogen) atoms. The van der Waals surface area contributed by atoms with Crippen molar-refractivity contribution in [3.8, 4) is 5.75 Å². The van der Waals surface area contributed by atoms with E-state index in [0.29, 0.717) is 0 Å². The molecule has 1 aromatic rings. The Morgan fingerprint density at radius 1 is 1.00 bits per heavy atom. The SMILES string of the molecule is Cc1cc(Cl)ccc1OCCCCCCCCCBr. The molecule has 0 atom stereocenters. The molecule has 1 nitrogen and oxygen atoms in total. The second kappa shape index (κ2) is 10.6. The Bertz CT molecular complexity index is 355. The van der Waals surface area contributed by atoms with E-state index in [1.807, 2.05) is 25.1 Å².